The lowest BCUT2D eigenvalue weighted by Gasteiger charge is -2.14. The number of hydrogen-bond donors (Lipinski definition) is 2. The lowest BCUT2D eigenvalue weighted by Crippen LogP contribution is -2.26. The third-order valence-corrected chi connectivity index (χ3v) is 4.32. The van der Waals surface area contributed by atoms with Gasteiger partial charge in [-0.05, 0) is 30.2 Å². The number of nitrogens with zero attached hydrogens (tertiary/aromatic N) is 1. The van der Waals surface area contributed by atoms with Crippen LogP contribution in [0, 0.1) is 0 Å². The maximum atomic E-state index is 6.17. The van der Waals surface area contributed by atoms with E-state index >= 15 is 0 Å². The molecule has 1 saturated heterocycles. The van der Waals surface area contributed by atoms with Crippen molar-refractivity contribution in [1.82, 2.24) is 10.6 Å². The lowest BCUT2D eigenvalue weighted by molar-refractivity contribution is 0.568. The molecule has 2 atom stereocenters. The van der Waals surface area contributed by atoms with Gasteiger partial charge in [-0.15, -0.1) is 0 Å². The van der Waals surface area contributed by atoms with Gasteiger partial charge in [-0.3, -0.25) is 0 Å². The van der Waals surface area contributed by atoms with Crippen molar-refractivity contribution >= 4 is 29.2 Å². The second kappa shape index (κ2) is 6.59. The fourth-order valence-corrected chi connectivity index (χ4v) is 3.02. The molecule has 0 radical (unpaired) electrons. The highest BCUT2D eigenvalue weighted by atomic mass is 35.5. The van der Waals surface area contributed by atoms with Crippen LogP contribution < -0.4 is 10.6 Å². The van der Waals surface area contributed by atoms with Crippen LogP contribution in [0.4, 0.5) is 0 Å². The maximum Gasteiger partial charge on any atom is 0.192 e. The lowest BCUT2D eigenvalue weighted by atomic mass is 10.0. The molecule has 114 valence electrons. The predicted molar refractivity (Wildman–Crippen MR) is 92.5 cm³/mol. The fourth-order valence-electron chi connectivity index (χ4n) is 2.55. The molecule has 0 aliphatic carbocycles. The van der Waals surface area contributed by atoms with Gasteiger partial charge in [0.15, 0.2) is 5.96 Å². The molecular weight excluding hydrogens is 317 g/mol. The summed E-state index contributed by atoms with van der Waals surface area (Å²) in [5, 5.41) is 8.08. The van der Waals surface area contributed by atoms with Crippen molar-refractivity contribution in [3.63, 3.8) is 0 Å². The van der Waals surface area contributed by atoms with Gasteiger partial charge in [0.1, 0.15) is 0 Å². The summed E-state index contributed by atoms with van der Waals surface area (Å²) in [7, 11) is 0. The average Bonchev–Trinajstić information content (AvgIpc) is 2.88. The number of rotatable bonds is 3. The smallest absolute Gasteiger partial charge is 0.192 e. The van der Waals surface area contributed by atoms with E-state index in [0.717, 1.165) is 11.5 Å². The van der Waals surface area contributed by atoms with Gasteiger partial charge in [-0.25, -0.2) is 4.99 Å². The minimum atomic E-state index is 0.223. The van der Waals surface area contributed by atoms with Gasteiger partial charge in [0.05, 0.1) is 18.6 Å². The van der Waals surface area contributed by atoms with E-state index in [9.17, 15) is 0 Å². The largest absolute Gasteiger partial charge is 0.352 e. The van der Waals surface area contributed by atoms with Crippen LogP contribution in [-0.4, -0.2) is 12.0 Å². The second-order valence-corrected chi connectivity index (χ2v) is 6.21. The molecule has 0 aromatic heterocycles. The number of benzene rings is 2. The monoisotopic (exact) mass is 333 g/mol. The van der Waals surface area contributed by atoms with Crippen molar-refractivity contribution in [3.8, 4) is 0 Å². The highest BCUT2D eigenvalue weighted by Crippen LogP contribution is 2.23. The Morgan fingerprint density at radius 2 is 1.82 bits per heavy atom. The van der Waals surface area contributed by atoms with E-state index in [2.05, 4.69) is 34.7 Å². The van der Waals surface area contributed by atoms with Gasteiger partial charge >= 0.3 is 0 Å². The third-order valence-electron chi connectivity index (χ3n) is 3.74. The standard InChI is InChI=1S/C17H17Cl2N3/c1-11-16(12-5-3-2-4-6-12)22-17(21-11)20-10-13-7-8-14(18)9-15(13)19/h2-9,11,16H,10H2,1H3,(H2,20,21,22)/t11-,16+/m1/s1. The first-order valence-electron chi connectivity index (χ1n) is 7.20. The van der Waals surface area contributed by atoms with Crippen molar-refractivity contribution in [2.24, 2.45) is 4.99 Å². The molecule has 0 amide bonds. The topological polar surface area (TPSA) is 36.4 Å². The Kier molecular flexibility index (Phi) is 4.55. The van der Waals surface area contributed by atoms with E-state index in [1.54, 1.807) is 6.07 Å². The van der Waals surface area contributed by atoms with Gasteiger partial charge in [0, 0.05) is 10.0 Å². The molecular formula is C17H17Cl2N3. The quantitative estimate of drug-likeness (QED) is 0.884. The molecule has 5 heteroatoms. The third kappa shape index (κ3) is 3.37. The van der Waals surface area contributed by atoms with Crippen LogP contribution in [0.2, 0.25) is 10.0 Å². The highest BCUT2D eigenvalue weighted by molar-refractivity contribution is 6.35. The van der Waals surface area contributed by atoms with E-state index in [-0.39, 0.29) is 12.1 Å². The molecule has 3 nitrogen and oxygen atoms in total. The number of hydrogen-bond acceptors (Lipinski definition) is 1. The molecule has 0 saturated carbocycles. The zero-order valence-corrected chi connectivity index (χ0v) is 13.7. The molecule has 0 spiro atoms. The summed E-state index contributed by atoms with van der Waals surface area (Å²) in [5.74, 6) is 0.798. The first-order chi connectivity index (χ1) is 10.6. The van der Waals surface area contributed by atoms with Crippen molar-refractivity contribution < 1.29 is 0 Å². The fraction of sp³-hybridized carbons (Fsp3) is 0.235. The highest BCUT2D eigenvalue weighted by Gasteiger charge is 2.27. The molecule has 2 aromatic rings. The van der Waals surface area contributed by atoms with E-state index in [0.29, 0.717) is 16.6 Å². The Morgan fingerprint density at radius 3 is 2.55 bits per heavy atom. The molecule has 1 aliphatic rings. The van der Waals surface area contributed by atoms with Crippen LogP contribution in [0.25, 0.3) is 0 Å². The van der Waals surface area contributed by atoms with Gasteiger partial charge in [-0.1, -0.05) is 59.6 Å². The zero-order valence-electron chi connectivity index (χ0n) is 12.2. The van der Waals surface area contributed by atoms with Crippen LogP contribution >= 0.6 is 23.2 Å². The first kappa shape index (κ1) is 15.2. The van der Waals surface area contributed by atoms with Crippen molar-refractivity contribution in [3.05, 3.63) is 69.7 Å². The van der Waals surface area contributed by atoms with Crippen LogP contribution in [-0.2, 0) is 6.54 Å². The molecule has 3 rings (SSSR count). The first-order valence-corrected chi connectivity index (χ1v) is 7.95. The molecule has 0 bridgehead atoms. The van der Waals surface area contributed by atoms with E-state index < -0.39 is 0 Å². The SMILES string of the molecule is C[C@H]1NC(=NCc2ccc(Cl)cc2Cl)N[C@@H]1c1ccccc1. The molecule has 0 unspecified atom stereocenters. The van der Waals surface area contributed by atoms with E-state index in [4.69, 9.17) is 23.2 Å². The van der Waals surface area contributed by atoms with Crippen LogP contribution in [0.5, 0.6) is 0 Å². The molecule has 1 fully saturated rings. The summed E-state index contributed by atoms with van der Waals surface area (Å²) < 4.78 is 0. The minimum absolute atomic E-state index is 0.223. The Labute approximate surface area is 140 Å². The second-order valence-electron chi connectivity index (χ2n) is 5.37. The van der Waals surface area contributed by atoms with Gasteiger partial charge in [-0.2, -0.15) is 0 Å². The summed E-state index contributed by atoms with van der Waals surface area (Å²) >= 11 is 12.1. The summed E-state index contributed by atoms with van der Waals surface area (Å²) in [6.07, 6.45) is 0. The molecule has 2 N–H and O–H groups in total. The number of guanidine groups is 1. The summed E-state index contributed by atoms with van der Waals surface area (Å²) in [6, 6.07) is 16.3. The van der Waals surface area contributed by atoms with Crippen LogP contribution in [0.15, 0.2) is 53.5 Å². The van der Waals surface area contributed by atoms with Gasteiger partial charge < -0.3 is 10.6 Å². The van der Waals surface area contributed by atoms with Gasteiger partial charge in [0.25, 0.3) is 0 Å². The predicted octanol–water partition coefficient (Wildman–Crippen LogP) is 4.17. The van der Waals surface area contributed by atoms with Crippen molar-refractivity contribution in [2.75, 3.05) is 0 Å². The normalized spacial score (nSPS) is 22.4. The zero-order chi connectivity index (χ0) is 15.5. The molecule has 22 heavy (non-hydrogen) atoms. The minimum Gasteiger partial charge on any atom is -0.352 e. The maximum absolute atomic E-state index is 6.17. The van der Waals surface area contributed by atoms with Crippen LogP contribution in [0.3, 0.4) is 0 Å². The number of nitrogens with one attached hydrogen (secondary N) is 2. The Morgan fingerprint density at radius 1 is 1.05 bits per heavy atom. The van der Waals surface area contributed by atoms with Crippen molar-refractivity contribution in [2.45, 2.75) is 25.6 Å². The van der Waals surface area contributed by atoms with E-state index in [1.807, 2.05) is 30.3 Å². The number of halogens is 2. The number of aliphatic imine (C=N–C) groups is 1. The van der Waals surface area contributed by atoms with Crippen molar-refractivity contribution in [1.29, 1.82) is 0 Å². The average molecular weight is 334 g/mol. The Balaban J connectivity index is 1.71. The summed E-state index contributed by atoms with van der Waals surface area (Å²) in [5.41, 5.74) is 2.20. The van der Waals surface area contributed by atoms with Crippen LogP contribution in [0.1, 0.15) is 24.1 Å². The molecule has 1 heterocycles. The van der Waals surface area contributed by atoms with Gasteiger partial charge in [0.2, 0.25) is 0 Å². The summed E-state index contributed by atoms with van der Waals surface area (Å²) in [4.78, 5) is 4.58. The molecule has 2 aromatic carbocycles. The molecule has 1 aliphatic heterocycles. The van der Waals surface area contributed by atoms with E-state index in [1.165, 1.54) is 5.56 Å². The Bertz CT molecular complexity index is 686. The Hall–Kier alpha value is -1.71. The summed E-state index contributed by atoms with van der Waals surface area (Å²) in [6.45, 7) is 2.65.